The Morgan fingerprint density at radius 3 is 2.40 bits per heavy atom. The molecule has 1 aliphatic heterocycles. The Kier molecular flexibility index (Phi) is 4.50. The summed E-state index contributed by atoms with van der Waals surface area (Å²) in [5.74, 6) is -0.522. The van der Waals surface area contributed by atoms with E-state index in [1.54, 1.807) is 0 Å². The zero-order valence-corrected chi connectivity index (χ0v) is 11.5. The van der Waals surface area contributed by atoms with Crippen LogP contribution in [0.5, 0.6) is 0 Å². The van der Waals surface area contributed by atoms with Gasteiger partial charge in [0, 0.05) is 25.8 Å². The minimum atomic E-state index is -0.182. The Morgan fingerprint density at radius 2 is 1.80 bits per heavy atom. The molecule has 3 amide bonds. The van der Waals surface area contributed by atoms with E-state index in [0.29, 0.717) is 0 Å². The summed E-state index contributed by atoms with van der Waals surface area (Å²) in [6.07, 6.45) is 0.677. The van der Waals surface area contributed by atoms with E-state index in [1.807, 2.05) is 37.3 Å². The van der Waals surface area contributed by atoms with Gasteiger partial charge in [-0.3, -0.25) is 19.3 Å². The second-order valence-electron chi connectivity index (χ2n) is 4.89. The molecule has 1 N–H and O–H groups in total. The average Bonchev–Trinajstić information content (AvgIpc) is 2.77. The van der Waals surface area contributed by atoms with Crippen molar-refractivity contribution in [2.75, 3.05) is 6.54 Å². The zero-order chi connectivity index (χ0) is 14.5. The van der Waals surface area contributed by atoms with E-state index in [-0.39, 0.29) is 49.6 Å². The summed E-state index contributed by atoms with van der Waals surface area (Å²) in [7, 11) is 0. The minimum Gasteiger partial charge on any atom is -0.350 e. The number of benzene rings is 1. The maximum absolute atomic E-state index is 11.8. The molecule has 2 rings (SSSR count). The maximum Gasteiger partial charge on any atom is 0.229 e. The first-order chi connectivity index (χ1) is 9.58. The smallest absolute Gasteiger partial charge is 0.229 e. The highest BCUT2D eigenvalue weighted by molar-refractivity contribution is 6.02. The molecule has 0 unspecified atom stereocenters. The Hall–Kier alpha value is -2.17. The number of amides is 3. The van der Waals surface area contributed by atoms with Crippen LogP contribution < -0.4 is 5.32 Å². The predicted octanol–water partition coefficient (Wildman–Crippen LogP) is 1.40. The number of nitrogens with one attached hydrogen (secondary N) is 1. The summed E-state index contributed by atoms with van der Waals surface area (Å²) in [6, 6.07) is 9.55. The van der Waals surface area contributed by atoms with Crippen molar-refractivity contribution in [2.45, 2.75) is 32.2 Å². The number of carbonyl (C=O) groups is 3. The van der Waals surface area contributed by atoms with Gasteiger partial charge in [-0.15, -0.1) is 0 Å². The summed E-state index contributed by atoms with van der Waals surface area (Å²) >= 11 is 0. The van der Waals surface area contributed by atoms with Crippen LogP contribution in [0.25, 0.3) is 0 Å². The van der Waals surface area contributed by atoms with Crippen molar-refractivity contribution in [1.29, 1.82) is 0 Å². The fourth-order valence-electron chi connectivity index (χ4n) is 2.22. The number of likely N-dealkylation sites (tertiary alicyclic amines) is 1. The van der Waals surface area contributed by atoms with E-state index in [4.69, 9.17) is 0 Å². The normalized spacial score (nSPS) is 16.4. The van der Waals surface area contributed by atoms with E-state index in [2.05, 4.69) is 5.32 Å². The van der Waals surface area contributed by atoms with Gasteiger partial charge in [-0.2, -0.15) is 0 Å². The Morgan fingerprint density at radius 1 is 1.20 bits per heavy atom. The van der Waals surface area contributed by atoms with Gasteiger partial charge in [-0.05, 0) is 12.5 Å². The molecule has 0 bridgehead atoms. The highest BCUT2D eigenvalue weighted by Gasteiger charge is 2.28. The van der Waals surface area contributed by atoms with Gasteiger partial charge in [0.1, 0.15) is 0 Å². The molecule has 1 atom stereocenters. The largest absolute Gasteiger partial charge is 0.350 e. The van der Waals surface area contributed by atoms with Gasteiger partial charge in [0.25, 0.3) is 0 Å². The van der Waals surface area contributed by atoms with Crippen molar-refractivity contribution in [3.63, 3.8) is 0 Å². The number of hydrogen-bond donors (Lipinski definition) is 1. The topological polar surface area (TPSA) is 66.5 Å². The molecule has 5 heteroatoms. The molecule has 1 aromatic carbocycles. The van der Waals surface area contributed by atoms with Crippen LogP contribution in [-0.2, 0) is 14.4 Å². The van der Waals surface area contributed by atoms with E-state index in [9.17, 15) is 14.4 Å². The number of rotatable bonds is 5. The van der Waals surface area contributed by atoms with Crippen LogP contribution in [0.2, 0.25) is 0 Å². The molecule has 1 saturated heterocycles. The van der Waals surface area contributed by atoms with E-state index >= 15 is 0 Å². The van der Waals surface area contributed by atoms with Crippen LogP contribution in [0.3, 0.4) is 0 Å². The molecule has 106 valence electrons. The SMILES string of the molecule is C[C@H](NC(=O)CCN1C(=O)CCC1=O)c1ccccc1. The second-order valence-corrected chi connectivity index (χ2v) is 4.89. The van der Waals surface area contributed by atoms with Crippen LogP contribution >= 0.6 is 0 Å². The standard InChI is InChI=1S/C15H18N2O3/c1-11(12-5-3-2-4-6-12)16-13(18)9-10-17-14(19)7-8-15(17)20/h2-6,11H,7-10H2,1H3,(H,16,18)/t11-/m0/s1. The van der Waals surface area contributed by atoms with Crippen LogP contribution in [0.4, 0.5) is 0 Å². The molecule has 1 heterocycles. The molecular formula is C15H18N2O3. The molecule has 20 heavy (non-hydrogen) atoms. The molecular weight excluding hydrogens is 256 g/mol. The monoisotopic (exact) mass is 274 g/mol. The molecule has 1 fully saturated rings. The minimum absolute atomic E-state index is 0.0892. The summed E-state index contributed by atoms with van der Waals surface area (Å²) in [5.41, 5.74) is 1.02. The van der Waals surface area contributed by atoms with Gasteiger partial charge in [0.05, 0.1) is 6.04 Å². The first-order valence-electron chi connectivity index (χ1n) is 6.75. The lowest BCUT2D eigenvalue weighted by Gasteiger charge is -2.16. The second kappa shape index (κ2) is 6.32. The zero-order valence-electron chi connectivity index (χ0n) is 11.5. The summed E-state index contributed by atoms with van der Waals surface area (Å²) in [6.45, 7) is 2.07. The van der Waals surface area contributed by atoms with E-state index in [0.717, 1.165) is 5.56 Å². The third-order valence-corrected chi connectivity index (χ3v) is 3.39. The van der Waals surface area contributed by atoms with Crippen LogP contribution in [0.15, 0.2) is 30.3 Å². The number of nitrogens with zero attached hydrogens (tertiary/aromatic N) is 1. The summed E-state index contributed by atoms with van der Waals surface area (Å²) in [5, 5.41) is 2.86. The molecule has 0 saturated carbocycles. The third kappa shape index (κ3) is 3.44. The first kappa shape index (κ1) is 14.2. The Labute approximate surface area is 118 Å². The van der Waals surface area contributed by atoms with Gasteiger partial charge < -0.3 is 5.32 Å². The molecule has 1 aromatic rings. The van der Waals surface area contributed by atoms with Crippen molar-refractivity contribution in [3.05, 3.63) is 35.9 Å². The first-order valence-corrected chi connectivity index (χ1v) is 6.75. The fraction of sp³-hybridized carbons (Fsp3) is 0.400. The number of hydrogen-bond acceptors (Lipinski definition) is 3. The quantitative estimate of drug-likeness (QED) is 0.825. The van der Waals surface area contributed by atoms with Gasteiger partial charge >= 0.3 is 0 Å². The van der Waals surface area contributed by atoms with Crippen molar-refractivity contribution in [1.82, 2.24) is 10.2 Å². The predicted molar refractivity (Wildman–Crippen MR) is 73.6 cm³/mol. The lowest BCUT2D eigenvalue weighted by Crippen LogP contribution is -2.34. The molecule has 1 aliphatic rings. The summed E-state index contributed by atoms with van der Waals surface area (Å²) < 4.78 is 0. The van der Waals surface area contributed by atoms with Gasteiger partial charge in [0.15, 0.2) is 0 Å². The third-order valence-electron chi connectivity index (χ3n) is 3.39. The molecule has 0 spiro atoms. The van der Waals surface area contributed by atoms with Crippen molar-refractivity contribution >= 4 is 17.7 Å². The highest BCUT2D eigenvalue weighted by Crippen LogP contribution is 2.13. The van der Waals surface area contributed by atoms with Gasteiger partial charge in [-0.1, -0.05) is 30.3 Å². The number of carbonyl (C=O) groups excluding carboxylic acids is 3. The molecule has 0 aliphatic carbocycles. The lowest BCUT2D eigenvalue weighted by atomic mass is 10.1. The van der Waals surface area contributed by atoms with E-state index in [1.165, 1.54) is 4.90 Å². The average molecular weight is 274 g/mol. The summed E-state index contributed by atoms with van der Waals surface area (Å²) in [4.78, 5) is 35.8. The lowest BCUT2D eigenvalue weighted by molar-refractivity contribution is -0.138. The van der Waals surface area contributed by atoms with E-state index < -0.39 is 0 Å². The maximum atomic E-state index is 11.8. The Balaban J connectivity index is 1.81. The van der Waals surface area contributed by atoms with Crippen LogP contribution in [0, 0.1) is 0 Å². The molecule has 5 nitrogen and oxygen atoms in total. The van der Waals surface area contributed by atoms with Crippen LogP contribution in [0.1, 0.15) is 37.8 Å². The number of imide groups is 1. The highest BCUT2D eigenvalue weighted by atomic mass is 16.2. The van der Waals surface area contributed by atoms with Crippen molar-refractivity contribution in [2.24, 2.45) is 0 Å². The van der Waals surface area contributed by atoms with Gasteiger partial charge in [-0.25, -0.2) is 0 Å². The van der Waals surface area contributed by atoms with Gasteiger partial charge in [0.2, 0.25) is 17.7 Å². The molecule has 0 aromatic heterocycles. The van der Waals surface area contributed by atoms with Crippen molar-refractivity contribution in [3.8, 4) is 0 Å². The molecule has 0 radical (unpaired) electrons. The van der Waals surface area contributed by atoms with Crippen LogP contribution in [-0.4, -0.2) is 29.2 Å². The van der Waals surface area contributed by atoms with Crippen molar-refractivity contribution < 1.29 is 14.4 Å². The Bertz CT molecular complexity index is 497. The fourth-order valence-corrected chi connectivity index (χ4v) is 2.22.